The summed E-state index contributed by atoms with van der Waals surface area (Å²) in [6.07, 6.45) is 0.887. The fourth-order valence-electron chi connectivity index (χ4n) is 1.44. The Morgan fingerprint density at radius 2 is 2.12 bits per heavy atom. The van der Waals surface area contributed by atoms with Crippen LogP contribution in [0.2, 0.25) is 0 Å². The molecule has 0 aliphatic heterocycles. The summed E-state index contributed by atoms with van der Waals surface area (Å²) in [7, 11) is 2.05. The molecular weight excluding hydrogens is 218 g/mol. The third-order valence-corrected chi connectivity index (χ3v) is 2.60. The first-order valence-electron chi connectivity index (χ1n) is 5.78. The Balaban J connectivity index is 2.44. The molecule has 0 aliphatic carbocycles. The summed E-state index contributed by atoms with van der Waals surface area (Å²) in [6.45, 7) is 4.59. The van der Waals surface area contributed by atoms with Crippen LogP contribution in [0, 0.1) is 0 Å². The van der Waals surface area contributed by atoms with Crippen LogP contribution < -0.4 is 4.74 Å². The molecule has 0 fully saturated rings. The molecule has 94 valence electrons. The molecule has 0 aromatic heterocycles. The summed E-state index contributed by atoms with van der Waals surface area (Å²) in [5, 5.41) is 8.96. The molecule has 0 unspecified atom stereocenters. The van der Waals surface area contributed by atoms with Crippen molar-refractivity contribution in [1.82, 2.24) is 4.90 Å². The van der Waals surface area contributed by atoms with E-state index in [1.807, 2.05) is 7.05 Å². The van der Waals surface area contributed by atoms with Gasteiger partial charge in [-0.05, 0) is 32.1 Å². The number of hydrogen-bond acceptors (Lipinski definition) is 3. The fraction of sp³-hybridized carbons (Fsp3) is 0.462. The van der Waals surface area contributed by atoms with Crippen molar-refractivity contribution in [2.75, 3.05) is 26.7 Å². The van der Waals surface area contributed by atoms with Gasteiger partial charge in [-0.1, -0.05) is 19.1 Å². The van der Waals surface area contributed by atoms with E-state index in [0.29, 0.717) is 12.4 Å². The zero-order valence-electron chi connectivity index (χ0n) is 10.3. The number of ether oxygens (including phenoxy) is 1. The van der Waals surface area contributed by atoms with E-state index >= 15 is 0 Å². The van der Waals surface area contributed by atoms with Crippen LogP contribution >= 0.6 is 0 Å². The van der Waals surface area contributed by atoms with Crippen molar-refractivity contribution in [2.24, 2.45) is 0 Å². The molecule has 0 heterocycles. The van der Waals surface area contributed by atoms with Gasteiger partial charge in [-0.3, -0.25) is 0 Å². The van der Waals surface area contributed by atoms with Crippen molar-refractivity contribution in [3.8, 4) is 5.75 Å². The predicted molar refractivity (Wildman–Crippen MR) is 66.7 cm³/mol. The van der Waals surface area contributed by atoms with E-state index in [9.17, 15) is 4.79 Å². The minimum atomic E-state index is -0.953. The third kappa shape index (κ3) is 4.44. The molecule has 0 aliphatic rings. The van der Waals surface area contributed by atoms with Crippen LogP contribution in [0.3, 0.4) is 0 Å². The summed E-state index contributed by atoms with van der Waals surface area (Å²) < 4.78 is 5.49. The average molecular weight is 237 g/mol. The minimum Gasteiger partial charge on any atom is -0.493 e. The van der Waals surface area contributed by atoms with Gasteiger partial charge in [0.2, 0.25) is 0 Å². The van der Waals surface area contributed by atoms with E-state index in [-0.39, 0.29) is 5.56 Å². The van der Waals surface area contributed by atoms with Gasteiger partial charge in [0.25, 0.3) is 0 Å². The molecule has 0 saturated carbocycles. The zero-order chi connectivity index (χ0) is 12.7. The maximum atomic E-state index is 10.9. The summed E-state index contributed by atoms with van der Waals surface area (Å²) in [4.78, 5) is 13.1. The molecular formula is C13H19NO3. The maximum Gasteiger partial charge on any atom is 0.339 e. The SMILES string of the molecule is CCN(C)CCCOc1ccccc1C(=O)O. The number of rotatable bonds is 7. The number of carboxylic acids is 1. The molecule has 0 saturated heterocycles. The lowest BCUT2D eigenvalue weighted by Gasteiger charge is -2.14. The number of benzene rings is 1. The molecule has 1 rings (SSSR count). The van der Waals surface area contributed by atoms with Crippen LogP contribution in [0.5, 0.6) is 5.75 Å². The zero-order valence-corrected chi connectivity index (χ0v) is 10.3. The van der Waals surface area contributed by atoms with Crippen molar-refractivity contribution >= 4 is 5.97 Å². The van der Waals surface area contributed by atoms with Crippen molar-refractivity contribution in [2.45, 2.75) is 13.3 Å². The molecule has 1 N–H and O–H groups in total. The first-order valence-corrected chi connectivity index (χ1v) is 5.78. The number of aromatic carboxylic acids is 1. The van der Waals surface area contributed by atoms with Gasteiger partial charge in [0.05, 0.1) is 6.61 Å². The first kappa shape index (κ1) is 13.5. The van der Waals surface area contributed by atoms with Gasteiger partial charge in [0.15, 0.2) is 0 Å². The van der Waals surface area contributed by atoms with E-state index in [1.165, 1.54) is 0 Å². The smallest absolute Gasteiger partial charge is 0.339 e. The van der Waals surface area contributed by atoms with Crippen LogP contribution in [0.25, 0.3) is 0 Å². The quantitative estimate of drug-likeness (QED) is 0.738. The van der Waals surface area contributed by atoms with Crippen molar-refractivity contribution in [1.29, 1.82) is 0 Å². The molecule has 4 heteroatoms. The molecule has 0 radical (unpaired) electrons. The molecule has 4 nitrogen and oxygen atoms in total. The van der Waals surface area contributed by atoms with E-state index in [1.54, 1.807) is 24.3 Å². The number of carbonyl (C=O) groups is 1. The second kappa shape index (κ2) is 6.91. The molecule has 0 spiro atoms. The average Bonchev–Trinajstić information content (AvgIpc) is 2.34. The molecule has 0 bridgehead atoms. The van der Waals surface area contributed by atoms with Gasteiger partial charge in [-0.15, -0.1) is 0 Å². The Hall–Kier alpha value is -1.55. The maximum absolute atomic E-state index is 10.9. The van der Waals surface area contributed by atoms with Crippen LogP contribution in [-0.4, -0.2) is 42.7 Å². The number of para-hydroxylation sites is 1. The Morgan fingerprint density at radius 1 is 1.41 bits per heavy atom. The second-order valence-corrected chi connectivity index (χ2v) is 3.90. The van der Waals surface area contributed by atoms with Crippen molar-refractivity contribution < 1.29 is 14.6 Å². The van der Waals surface area contributed by atoms with Gasteiger partial charge in [-0.2, -0.15) is 0 Å². The third-order valence-electron chi connectivity index (χ3n) is 2.60. The van der Waals surface area contributed by atoms with Gasteiger partial charge in [0.1, 0.15) is 11.3 Å². The van der Waals surface area contributed by atoms with Crippen LogP contribution in [-0.2, 0) is 0 Å². The van der Waals surface area contributed by atoms with Crippen molar-refractivity contribution in [3.05, 3.63) is 29.8 Å². The topological polar surface area (TPSA) is 49.8 Å². The Labute approximate surface area is 102 Å². The van der Waals surface area contributed by atoms with Gasteiger partial charge < -0.3 is 14.7 Å². The molecule has 1 aromatic rings. The summed E-state index contributed by atoms with van der Waals surface area (Å²) >= 11 is 0. The standard InChI is InChI=1S/C13H19NO3/c1-3-14(2)9-6-10-17-12-8-5-4-7-11(12)13(15)16/h4-5,7-8H,3,6,9-10H2,1-2H3,(H,15,16). The molecule has 0 atom stereocenters. The largest absolute Gasteiger partial charge is 0.493 e. The minimum absolute atomic E-state index is 0.219. The highest BCUT2D eigenvalue weighted by Crippen LogP contribution is 2.17. The van der Waals surface area contributed by atoms with Gasteiger partial charge in [-0.25, -0.2) is 4.79 Å². The van der Waals surface area contributed by atoms with Gasteiger partial charge >= 0.3 is 5.97 Å². The van der Waals surface area contributed by atoms with E-state index in [0.717, 1.165) is 19.5 Å². The fourth-order valence-corrected chi connectivity index (χ4v) is 1.44. The summed E-state index contributed by atoms with van der Waals surface area (Å²) in [5.41, 5.74) is 0.219. The van der Waals surface area contributed by atoms with E-state index < -0.39 is 5.97 Å². The van der Waals surface area contributed by atoms with Crippen molar-refractivity contribution in [3.63, 3.8) is 0 Å². The van der Waals surface area contributed by atoms with Crippen LogP contribution in [0.15, 0.2) is 24.3 Å². The monoisotopic (exact) mass is 237 g/mol. The lowest BCUT2D eigenvalue weighted by molar-refractivity contribution is 0.0692. The van der Waals surface area contributed by atoms with Gasteiger partial charge in [0, 0.05) is 6.54 Å². The highest BCUT2D eigenvalue weighted by atomic mass is 16.5. The number of hydrogen-bond donors (Lipinski definition) is 1. The first-order chi connectivity index (χ1) is 8.15. The molecule has 17 heavy (non-hydrogen) atoms. The highest BCUT2D eigenvalue weighted by Gasteiger charge is 2.09. The molecule has 0 amide bonds. The second-order valence-electron chi connectivity index (χ2n) is 3.90. The normalized spacial score (nSPS) is 10.5. The predicted octanol–water partition coefficient (Wildman–Crippen LogP) is 2.11. The number of nitrogens with zero attached hydrogens (tertiary/aromatic N) is 1. The lowest BCUT2D eigenvalue weighted by Crippen LogP contribution is -2.20. The van der Waals surface area contributed by atoms with Crippen LogP contribution in [0.1, 0.15) is 23.7 Å². The molecule has 1 aromatic carbocycles. The highest BCUT2D eigenvalue weighted by molar-refractivity contribution is 5.90. The Bertz CT molecular complexity index is 365. The Morgan fingerprint density at radius 3 is 2.76 bits per heavy atom. The van der Waals surface area contributed by atoms with E-state index in [2.05, 4.69) is 11.8 Å². The van der Waals surface area contributed by atoms with Crippen LogP contribution in [0.4, 0.5) is 0 Å². The van der Waals surface area contributed by atoms with E-state index in [4.69, 9.17) is 9.84 Å². The number of carboxylic acid groups (broad SMARTS) is 1. The summed E-state index contributed by atoms with van der Waals surface area (Å²) in [6, 6.07) is 6.71. The summed E-state index contributed by atoms with van der Waals surface area (Å²) in [5.74, 6) is -0.509. The Kier molecular flexibility index (Phi) is 5.49. The lowest BCUT2D eigenvalue weighted by atomic mass is 10.2.